The summed E-state index contributed by atoms with van der Waals surface area (Å²) in [6, 6.07) is 66.2. The molecule has 14 heteroatoms. The van der Waals surface area contributed by atoms with E-state index in [2.05, 4.69) is 253 Å². The predicted octanol–water partition coefficient (Wildman–Crippen LogP) is 25.4. The number of anilines is 1. The number of aryl methyl sites for hydroxylation is 2. The van der Waals surface area contributed by atoms with Crippen molar-refractivity contribution >= 4 is 17.4 Å². The molecule has 9 aliphatic rings. The lowest BCUT2D eigenvalue weighted by Crippen LogP contribution is -2.34. The van der Waals surface area contributed by atoms with Gasteiger partial charge in [0.05, 0.1) is 32.5 Å². The van der Waals surface area contributed by atoms with Crippen molar-refractivity contribution in [1.29, 1.82) is 0 Å². The molecule has 0 fully saturated rings. The van der Waals surface area contributed by atoms with Gasteiger partial charge in [0.15, 0.2) is 0 Å². The van der Waals surface area contributed by atoms with Gasteiger partial charge in [0.1, 0.15) is 93.0 Å². The molecule has 12 atom stereocenters. The Morgan fingerprint density at radius 1 is 0.336 bits per heavy atom. The van der Waals surface area contributed by atoms with Gasteiger partial charge in [-0.05, 0) is 274 Å². The average molecular weight is 1640 g/mol. The summed E-state index contributed by atoms with van der Waals surface area (Å²) in [6.45, 7) is 47.5. The summed E-state index contributed by atoms with van der Waals surface area (Å²) in [5.74, 6) is 13.9. The van der Waals surface area contributed by atoms with Gasteiger partial charge in [-0.25, -0.2) is 0 Å². The van der Waals surface area contributed by atoms with Crippen LogP contribution in [0.3, 0.4) is 0 Å². The SMILES string of the molecule is CC1CC(C)(C)Oc2ccccc21.CC1CCN(C)c2ccccc21.CC1c2ccccc2OC[C@@H]1O.CC1c2ccccc2OC[C@H]1O.CC1c2ccccc2SC[C@H]1O.COc1ccc2c(c1)C(C)CC(C)(C)O2.COc1ccc2c(c1)OC(C)(C)CC2C.Cc1ccc2c(c1)C(C)CC(C)(C)O2.Cc1ccc2c(c1)OC(C)(C)CC2C. The summed E-state index contributed by atoms with van der Waals surface area (Å²) >= 11 is 1.75. The Hall–Kier alpha value is -8.79. The van der Waals surface area contributed by atoms with Crippen LogP contribution in [0.25, 0.3) is 0 Å². The first kappa shape index (κ1) is 92.5. The van der Waals surface area contributed by atoms with Crippen LogP contribution in [0.4, 0.5) is 5.69 Å². The minimum atomic E-state index is -0.361. The van der Waals surface area contributed by atoms with Gasteiger partial charge in [0.25, 0.3) is 0 Å². The molecule has 0 saturated heterocycles. The monoisotopic (exact) mass is 1640 g/mol. The molecule has 119 heavy (non-hydrogen) atoms. The number of fused-ring (bicyclic) bond motifs is 9. The summed E-state index contributed by atoms with van der Waals surface area (Å²) in [6.07, 6.45) is 5.80. The van der Waals surface area contributed by atoms with Crippen LogP contribution in [0.2, 0.25) is 0 Å². The lowest BCUT2D eigenvalue weighted by molar-refractivity contribution is 0.0713. The van der Waals surface area contributed by atoms with E-state index < -0.39 is 0 Å². The predicted molar refractivity (Wildman–Crippen MR) is 491 cm³/mol. The lowest BCUT2D eigenvalue weighted by Gasteiger charge is -2.36. The standard InChI is InChI=1S/2C13H18O2.2C13H18O.C12H16O.C11H15N.2C10H12O2.C10H12OS/c1-9-8-13(2,3)15-12-6-5-10(14-4)7-11(9)12;1-9-8-13(2,3)15-12-7-10(14-4)5-6-11(9)12;1-9-5-6-12-11(7-9)10(2)8-13(3,4)14-12;1-9-5-6-11-10(2)8-13(3,4)14-12(11)7-9;1-9-8-12(2,3)13-11-7-5-4-6-10(9)11;1-9-7-8-12(2)11-6-4-3-5-10(9)11;3*1-7-8-4-2-3-5-10(8)12-6-9(7)11/h2*5-7,9H,8H2,1-4H3;2*5-7,10H,8H2,1-4H3;4-7,9H,8H2,1-3H3;3-6,9H,7-8H2,1-2H3;3*2-5,7,9,11H,6H2,1H3/t;;;;;;3*7?,9-/m......101/s1. The van der Waals surface area contributed by atoms with E-state index in [1.54, 1.807) is 26.0 Å². The van der Waals surface area contributed by atoms with Crippen molar-refractivity contribution in [2.75, 3.05) is 51.7 Å². The first-order chi connectivity index (χ1) is 56.2. The molecule has 3 N–H and O–H groups in total. The number of methoxy groups -OCH3 is 2. The second-order valence-electron chi connectivity index (χ2n) is 37.5. The third kappa shape index (κ3) is 25.0. The lowest BCUT2D eigenvalue weighted by atomic mass is 9.85. The second kappa shape index (κ2) is 40.3. The van der Waals surface area contributed by atoms with E-state index in [4.69, 9.17) is 42.6 Å². The summed E-state index contributed by atoms with van der Waals surface area (Å²) in [5, 5.41) is 28.6. The molecule has 0 aromatic heterocycles. The van der Waals surface area contributed by atoms with E-state index in [0.29, 0.717) is 48.7 Å². The van der Waals surface area contributed by atoms with Gasteiger partial charge in [0.2, 0.25) is 0 Å². The topological polar surface area (TPSA) is 147 Å². The molecular formula is C105H139NO12S. The highest BCUT2D eigenvalue weighted by molar-refractivity contribution is 7.99. The molecular weight excluding hydrogens is 1500 g/mol. The first-order valence-corrected chi connectivity index (χ1v) is 44.3. The van der Waals surface area contributed by atoms with Crippen molar-refractivity contribution in [3.05, 3.63) is 255 Å². The number of ether oxygens (including phenoxy) is 9. The highest BCUT2D eigenvalue weighted by atomic mass is 32.2. The largest absolute Gasteiger partial charge is 0.497 e. The van der Waals surface area contributed by atoms with Gasteiger partial charge in [-0.15, -0.1) is 11.8 Å². The second-order valence-corrected chi connectivity index (χ2v) is 38.6. The van der Waals surface area contributed by atoms with Crippen LogP contribution >= 0.6 is 11.8 Å². The van der Waals surface area contributed by atoms with Crippen molar-refractivity contribution in [3.8, 4) is 51.7 Å². The van der Waals surface area contributed by atoms with E-state index in [1.165, 1.54) is 73.6 Å². The zero-order valence-electron chi connectivity index (χ0n) is 75.8. The Balaban J connectivity index is 0.000000141. The van der Waals surface area contributed by atoms with Gasteiger partial charge in [0, 0.05) is 59.3 Å². The maximum Gasteiger partial charge on any atom is 0.127 e. The smallest absolute Gasteiger partial charge is 0.127 e. The summed E-state index contributed by atoms with van der Waals surface area (Å²) in [4.78, 5) is 3.67. The average Bonchev–Trinajstić information content (AvgIpc) is 0.796. The van der Waals surface area contributed by atoms with E-state index in [1.807, 2.05) is 98.8 Å². The zero-order valence-corrected chi connectivity index (χ0v) is 76.7. The van der Waals surface area contributed by atoms with Crippen LogP contribution in [0.15, 0.2) is 199 Å². The van der Waals surface area contributed by atoms with E-state index in [9.17, 15) is 15.3 Å². The van der Waals surface area contributed by atoms with Crippen molar-refractivity contribution in [1.82, 2.24) is 0 Å². The number of rotatable bonds is 2. The molecule has 18 rings (SSSR count). The molecule has 0 saturated carbocycles. The molecule has 9 heterocycles. The van der Waals surface area contributed by atoms with Crippen molar-refractivity contribution in [2.45, 2.75) is 288 Å². The third-order valence-electron chi connectivity index (χ3n) is 24.2. The Morgan fingerprint density at radius 3 is 1.18 bits per heavy atom. The minimum Gasteiger partial charge on any atom is -0.497 e. The Bertz CT molecular complexity index is 4600. The van der Waals surface area contributed by atoms with Crippen molar-refractivity contribution in [3.63, 3.8) is 0 Å². The van der Waals surface area contributed by atoms with Crippen LogP contribution in [0.5, 0.6) is 51.7 Å². The number of nitrogens with zero attached hydrogens (tertiary/aromatic N) is 1. The molecule has 0 aliphatic carbocycles. The van der Waals surface area contributed by atoms with Crippen LogP contribution in [-0.2, 0) is 0 Å². The van der Waals surface area contributed by atoms with Gasteiger partial charge in [-0.2, -0.15) is 0 Å². The Labute approximate surface area is 718 Å². The van der Waals surface area contributed by atoms with Gasteiger partial charge < -0.3 is 62.9 Å². The Morgan fingerprint density at radius 2 is 0.681 bits per heavy atom. The quantitative estimate of drug-likeness (QED) is 0.151. The fourth-order valence-electron chi connectivity index (χ4n) is 17.9. The van der Waals surface area contributed by atoms with Crippen LogP contribution < -0.4 is 47.5 Å². The van der Waals surface area contributed by atoms with E-state index >= 15 is 0 Å². The third-order valence-corrected chi connectivity index (χ3v) is 25.4. The van der Waals surface area contributed by atoms with Gasteiger partial charge >= 0.3 is 0 Å². The van der Waals surface area contributed by atoms with Crippen molar-refractivity contribution < 1.29 is 58.0 Å². The molecule has 9 unspecified atom stereocenters. The molecule has 0 bridgehead atoms. The summed E-state index contributed by atoms with van der Waals surface area (Å²) < 4.78 is 50.8. The highest BCUT2D eigenvalue weighted by Crippen LogP contribution is 2.47. The Kier molecular flexibility index (Phi) is 31.3. The number of hydrogen-bond donors (Lipinski definition) is 3. The molecule has 0 radical (unpaired) electrons. The summed E-state index contributed by atoms with van der Waals surface area (Å²) in [7, 11) is 5.55. The molecule has 9 aromatic rings. The zero-order chi connectivity index (χ0) is 86.5. The first-order valence-electron chi connectivity index (χ1n) is 43.3. The summed E-state index contributed by atoms with van der Waals surface area (Å²) in [5.41, 5.74) is 15.5. The van der Waals surface area contributed by atoms with Gasteiger partial charge in [-0.1, -0.05) is 189 Å². The maximum absolute atomic E-state index is 9.60. The van der Waals surface area contributed by atoms with Crippen LogP contribution in [0, 0.1) is 13.8 Å². The minimum absolute atomic E-state index is 0.00618. The van der Waals surface area contributed by atoms with E-state index in [0.717, 1.165) is 107 Å². The number of benzene rings is 9. The van der Waals surface area contributed by atoms with Crippen LogP contribution in [0.1, 0.15) is 285 Å². The molecule has 9 aromatic carbocycles. The fourth-order valence-corrected chi connectivity index (χ4v) is 19.2. The molecule has 642 valence electrons. The highest BCUT2D eigenvalue weighted by Gasteiger charge is 2.37. The molecule has 9 aliphatic heterocycles. The number of aliphatic hydroxyl groups is 3. The number of hydrogen-bond acceptors (Lipinski definition) is 14. The maximum atomic E-state index is 9.60. The molecule has 0 spiro atoms. The molecule has 13 nitrogen and oxygen atoms in total. The van der Waals surface area contributed by atoms with E-state index in [-0.39, 0.29) is 58.2 Å². The van der Waals surface area contributed by atoms with Crippen LogP contribution in [-0.4, -0.2) is 108 Å². The van der Waals surface area contributed by atoms with Gasteiger partial charge in [-0.3, -0.25) is 0 Å². The van der Waals surface area contributed by atoms with Crippen molar-refractivity contribution in [2.24, 2.45) is 0 Å². The number of thioether (sulfide) groups is 1. The number of aliphatic hydroxyl groups excluding tert-OH is 3. The normalized spacial score (nSPS) is 24.7. The number of para-hydroxylation sites is 4. The molecule has 0 amide bonds. The fraction of sp³-hybridized carbons (Fsp3) is 0.486.